The van der Waals surface area contributed by atoms with Crippen molar-refractivity contribution in [2.45, 2.75) is 6.18 Å². The van der Waals surface area contributed by atoms with E-state index in [1.54, 1.807) is 24.3 Å². The Morgan fingerprint density at radius 2 is 1.95 bits per heavy atom. The van der Waals surface area contributed by atoms with Crippen LogP contribution in [0.5, 0.6) is 0 Å². The van der Waals surface area contributed by atoms with E-state index >= 15 is 0 Å². The summed E-state index contributed by atoms with van der Waals surface area (Å²) in [6, 6.07) is 8.40. The van der Waals surface area contributed by atoms with Crippen molar-refractivity contribution in [2.75, 3.05) is 5.32 Å². The molecule has 0 atom stereocenters. The quantitative estimate of drug-likeness (QED) is 0.790. The van der Waals surface area contributed by atoms with Crippen LogP contribution in [-0.2, 0) is 6.18 Å². The highest BCUT2D eigenvalue weighted by molar-refractivity contribution is 9.10. The molecular weight excluding hydrogens is 371 g/mol. The van der Waals surface area contributed by atoms with E-state index in [4.69, 9.17) is 16.9 Å². The first-order chi connectivity index (χ1) is 9.81. The Hall–Kier alpha value is -1.78. The van der Waals surface area contributed by atoms with Crippen LogP contribution in [0.3, 0.4) is 0 Å². The number of hydrogen-bond acceptors (Lipinski definition) is 3. The van der Waals surface area contributed by atoms with Crippen molar-refractivity contribution in [1.82, 2.24) is 4.98 Å². The monoisotopic (exact) mass is 375 g/mol. The summed E-state index contributed by atoms with van der Waals surface area (Å²) in [5, 5.41) is 11.9. The second-order valence-corrected chi connectivity index (χ2v) is 5.27. The molecule has 0 saturated carbocycles. The minimum Gasteiger partial charge on any atom is -0.338 e. The second kappa shape index (κ2) is 5.92. The molecule has 0 aliphatic rings. The molecule has 1 N–H and O–H groups in total. The molecule has 21 heavy (non-hydrogen) atoms. The number of halogens is 5. The predicted molar refractivity (Wildman–Crippen MR) is 76.4 cm³/mol. The van der Waals surface area contributed by atoms with Crippen LogP contribution in [-0.4, -0.2) is 4.98 Å². The molecule has 1 heterocycles. The number of nitrogens with one attached hydrogen (secondary N) is 1. The molecule has 2 aromatic rings. The van der Waals surface area contributed by atoms with Crippen molar-refractivity contribution in [3.8, 4) is 6.07 Å². The fourth-order valence-corrected chi connectivity index (χ4v) is 2.24. The maximum Gasteiger partial charge on any atom is 0.433 e. The van der Waals surface area contributed by atoms with Crippen LogP contribution in [0, 0.1) is 11.3 Å². The molecule has 0 fully saturated rings. The van der Waals surface area contributed by atoms with Gasteiger partial charge < -0.3 is 5.32 Å². The number of nitriles is 1. The number of rotatable bonds is 2. The van der Waals surface area contributed by atoms with E-state index in [1.807, 2.05) is 0 Å². The third-order valence-corrected chi connectivity index (χ3v) is 3.30. The molecule has 1 aromatic carbocycles. The Bertz CT molecular complexity index is 726. The van der Waals surface area contributed by atoms with Crippen LogP contribution < -0.4 is 5.32 Å². The van der Waals surface area contributed by atoms with E-state index in [0.717, 1.165) is 16.6 Å². The van der Waals surface area contributed by atoms with Crippen LogP contribution in [0.2, 0.25) is 5.02 Å². The van der Waals surface area contributed by atoms with Gasteiger partial charge in [-0.25, -0.2) is 4.98 Å². The van der Waals surface area contributed by atoms with E-state index in [2.05, 4.69) is 26.2 Å². The molecule has 0 aliphatic carbocycles. The van der Waals surface area contributed by atoms with Crippen molar-refractivity contribution in [3.05, 3.63) is 51.1 Å². The van der Waals surface area contributed by atoms with E-state index < -0.39 is 11.9 Å². The molecule has 1 aromatic heterocycles. The number of anilines is 2. The van der Waals surface area contributed by atoms with Crippen LogP contribution >= 0.6 is 27.5 Å². The lowest BCUT2D eigenvalue weighted by molar-refractivity contribution is -0.141. The minimum absolute atomic E-state index is 0.0121. The van der Waals surface area contributed by atoms with E-state index in [1.165, 1.54) is 0 Å². The average molecular weight is 377 g/mol. The zero-order valence-electron chi connectivity index (χ0n) is 10.2. The van der Waals surface area contributed by atoms with E-state index in [0.29, 0.717) is 5.69 Å². The number of nitrogens with zero attached hydrogens (tertiary/aromatic N) is 2. The van der Waals surface area contributed by atoms with Gasteiger partial charge in [-0.2, -0.15) is 18.4 Å². The topological polar surface area (TPSA) is 48.7 Å². The van der Waals surface area contributed by atoms with Gasteiger partial charge >= 0.3 is 6.18 Å². The van der Waals surface area contributed by atoms with E-state index in [9.17, 15) is 13.2 Å². The molecule has 0 amide bonds. The largest absolute Gasteiger partial charge is 0.433 e. The summed E-state index contributed by atoms with van der Waals surface area (Å²) >= 11 is 9.20. The predicted octanol–water partition coefficient (Wildman–Crippen LogP) is 5.13. The second-order valence-electron chi connectivity index (χ2n) is 3.95. The maximum atomic E-state index is 12.7. The van der Waals surface area contributed by atoms with Crippen LogP contribution in [0.15, 0.2) is 34.8 Å². The van der Waals surface area contributed by atoms with Gasteiger partial charge in [-0.05, 0) is 30.3 Å². The summed E-state index contributed by atoms with van der Waals surface area (Å²) in [6.07, 6.45) is -4.59. The lowest BCUT2D eigenvalue weighted by atomic mass is 10.2. The molecule has 0 bridgehead atoms. The van der Waals surface area contributed by atoms with Crippen molar-refractivity contribution in [2.24, 2.45) is 0 Å². The van der Waals surface area contributed by atoms with Crippen LogP contribution in [0.4, 0.5) is 24.7 Å². The first-order valence-corrected chi connectivity index (χ1v) is 6.69. The van der Waals surface area contributed by atoms with Gasteiger partial charge in [0.25, 0.3) is 0 Å². The first kappa shape index (κ1) is 15.6. The summed E-state index contributed by atoms with van der Waals surface area (Å²) in [6.45, 7) is 0. The number of hydrogen-bond donors (Lipinski definition) is 1. The smallest absolute Gasteiger partial charge is 0.338 e. The highest BCUT2D eigenvalue weighted by Crippen LogP contribution is 2.32. The Labute approximate surface area is 131 Å². The third kappa shape index (κ3) is 3.65. The van der Waals surface area contributed by atoms with Crippen LogP contribution in [0.1, 0.15) is 11.3 Å². The summed E-state index contributed by atoms with van der Waals surface area (Å²) in [4.78, 5) is 3.44. The third-order valence-electron chi connectivity index (χ3n) is 2.49. The molecule has 2 rings (SSSR count). The molecule has 3 nitrogen and oxygen atoms in total. The number of aromatic nitrogens is 1. The summed E-state index contributed by atoms with van der Waals surface area (Å²) in [5.41, 5.74) is -0.748. The molecule has 108 valence electrons. The highest BCUT2D eigenvalue weighted by atomic mass is 79.9. The molecule has 0 radical (unpaired) electrons. The molecule has 0 aliphatic heterocycles. The SMILES string of the molecule is N#Cc1ccc(C(F)(F)F)nc1Nc1ccc(Br)cc1Cl. The highest BCUT2D eigenvalue weighted by Gasteiger charge is 2.33. The van der Waals surface area contributed by atoms with Gasteiger partial charge in [0.2, 0.25) is 0 Å². The molecule has 0 spiro atoms. The van der Waals surface area contributed by atoms with Crippen molar-refractivity contribution >= 4 is 39.0 Å². The molecule has 8 heteroatoms. The summed E-state index contributed by atoms with van der Waals surface area (Å²) in [7, 11) is 0. The maximum absolute atomic E-state index is 12.7. The Morgan fingerprint density at radius 1 is 1.24 bits per heavy atom. The van der Waals surface area contributed by atoms with Crippen molar-refractivity contribution < 1.29 is 13.2 Å². The van der Waals surface area contributed by atoms with Gasteiger partial charge in [0.15, 0.2) is 0 Å². The molecular formula is C13H6BrClF3N3. The molecule has 0 unspecified atom stereocenters. The van der Waals surface area contributed by atoms with Crippen molar-refractivity contribution in [3.63, 3.8) is 0 Å². The first-order valence-electron chi connectivity index (χ1n) is 5.51. The van der Waals surface area contributed by atoms with E-state index in [-0.39, 0.29) is 16.4 Å². The minimum atomic E-state index is -4.59. The number of alkyl halides is 3. The summed E-state index contributed by atoms with van der Waals surface area (Å²) < 4.78 is 38.7. The van der Waals surface area contributed by atoms with Gasteiger partial charge in [-0.15, -0.1) is 0 Å². The lowest BCUT2D eigenvalue weighted by Gasteiger charge is -2.12. The zero-order valence-corrected chi connectivity index (χ0v) is 12.5. The zero-order chi connectivity index (χ0) is 15.6. The van der Waals surface area contributed by atoms with Gasteiger partial charge in [0, 0.05) is 4.47 Å². The molecule has 0 saturated heterocycles. The fourth-order valence-electron chi connectivity index (χ4n) is 1.52. The average Bonchev–Trinajstić information content (AvgIpc) is 2.41. The normalized spacial score (nSPS) is 11.0. The fraction of sp³-hybridized carbons (Fsp3) is 0.0769. The Morgan fingerprint density at radius 3 is 2.52 bits per heavy atom. The lowest BCUT2D eigenvalue weighted by Crippen LogP contribution is -2.10. The van der Waals surface area contributed by atoms with Crippen LogP contribution in [0.25, 0.3) is 0 Å². The van der Waals surface area contributed by atoms with Gasteiger partial charge in [-0.1, -0.05) is 27.5 Å². The van der Waals surface area contributed by atoms with Crippen molar-refractivity contribution in [1.29, 1.82) is 5.26 Å². The number of pyridine rings is 1. The Balaban J connectivity index is 2.45. The van der Waals surface area contributed by atoms with Gasteiger partial charge in [-0.3, -0.25) is 0 Å². The van der Waals surface area contributed by atoms with Gasteiger partial charge in [0.05, 0.1) is 16.3 Å². The summed E-state index contributed by atoms with van der Waals surface area (Å²) in [5.74, 6) is -0.198. The number of benzene rings is 1. The standard InChI is InChI=1S/C13H6BrClF3N3/c14-8-2-3-10(9(15)5-8)20-12-7(6-19)1-4-11(21-12)13(16,17)18/h1-5H,(H,20,21). The van der Waals surface area contributed by atoms with Gasteiger partial charge in [0.1, 0.15) is 17.6 Å². The Kier molecular flexibility index (Phi) is 4.40.